The molecule has 4 nitrogen and oxygen atoms in total. The Balaban J connectivity index is -0.000000339. The predicted molar refractivity (Wildman–Crippen MR) is 53.0 cm³/mol. The summed E-state index contributed by atoms with van der Waals surface area (Å²) in [5, 5.41) is 0.175. The average molecular weight is 408 g/mol. The first kappa shape index (κ1) is 21.5. The molecule has 9 heteroatoms. The van der Waals surface area contributed by atoms with Crippen molar-refractivity contribution in [1.82, 2.24) is 9.97 Å². The molecule has 0 saturated carbocycles. The molecule has 0 saturated heterocycles. The number of hydrogen-bond donors (Lipinski definition) is 0. The summed E-state index contributed by atoms with van der Waals surface area (Å²) in [6.07, 6.45) is 0. The molecule has 0 aromatic carbocycles. The molecular weight excluding hydrogens is 402 g/mol. The quantitative estimate of drug-likeness (QED) is 0.216. The number of hydrogen-bond acceptors (Lipinski definition) is 4. The van der Waals surface area contributed by atoms with Gasteiger partial charge in [0, 0.05) is 5.88 Å². The summed E-state index contributed by atoms with van der Waals surface area (Å²) in [6.45, 7) is 0. The SMILES string of the molecule is COc1[c-]c(Cl)nc(OC)n1.[Cl-].[Li+].[Zn+][I]. The average Bonchev–Trinajstić information content (AvgIpc) is 2.20. The van der Waals surface area contributed by atoms with E-state index in [0.29, 0.717) is 0 Å². The molecule has 0 aliphatic rings. The van der Waals surface area contributed by atoms with Gasteiger partial charge in [-0.2, -0.15) is 4.98 Å². The molecule has 0 fully saturated rings. The Morgan fingerprint density at radius 1 is 1.27 bits per heavy atom. The van der Waals surface area contributed by atoms with E-state index in [9.17, 15) is 0 Å². The zero-order valence-electron chi connectivity index (χ0n) is 8.55. The Hall–Kier alpha value is 1.21. The molecule has 0 aliphatic heterocycles. The van der Waals surface area contributed by atoms with Crippen molar-refractivity contribution in [1.29, 1.82) is 0 Å². The molecule has 76 valence electrons. The maximum absolute atomic E-state index is 5.54. The minimum atomic E-state index is 0. The normalized spacial score (nSPS) is 7.33. The molecule has 0 radical (unpaired) electrons. The fourth-order valence-electron chi connectivity index (χ4n) is 0.528. The predicted octanol–water partition coefficient (Wildman–Crippen LogP) is -4.16. The zero-order chi connectivity index (χ0) is 10.3. The summed E-state index contributed by atoms with van der Waals surface area (Å²) >= 11 is 9.16. The van der Waals surface area contributed by atoms with Gasteiger partial charge in [-0.15, -0.1) is 11.6 Å². The first-order valence-corrected chi connectivity index (χ1v) is 12.5. The van der Waals surface area contributed by atoms with Gasteiger partial charge in [-0.3, -0.25) is 0 Å². The molecule has 1 heterocycles. The number of halogens is 3. The molecule has 0 amide bonds. The summed E-state index contributed by atoms with van der Waals surface area (Å²) in [6, 6.07) is 2.74. The molecule has 0 N–H and O–H groups in total. The van der Waals surface area contributed by atoms with Crippen molar-refractivity contribution in [3.8, 4) is 11.9 Å². The second-order valence-electron chi connectivity index (χ2n) is 1.64. The van der Waals surface area contributed by atoms with Crippen molar-refractivity contribution in [2.75, 3.05) is 14.2 Å². The van der Waals surface area contributed by atoms with Gasteiger partial charge in [0.05, 0.1) is 14.2 Å². The van der Waals surface area contributed by atoms with Gasteiger partial charge >= 0.3 is 59.4 Å². The molecule has 15 heavy (non-hydrogen) atoms. The van der Waals surface area contributed by atoms with E-state index in [1.807, 2.05) is 0 Å². The van der Waals surface area contributed by atoms with Crippen molar-refractivity contribution in [3.63, 3.8) is 0 Å². The van der Waals surface area contributed by atoms with E-state index in [-0.39, 0.29) is 48.3 Å². The Morgan fingerprint density at radius 2 is 1.80 bits per heavy atom. The van der Waals surface area contributed by atoms with E-state index < -0.39 is 0 Å². The van der Waals surface area contributed by atoms with Crippen molar-refractivity contribution < 1.29 is 55.5 Å². The second kappa shape index (κ2) is 13.3. The van der Waals surface area contributed by atoms with Gasteiger partial charge < -0.3 is 27.9 Å². The van der Waals surface area contributed by atoms with Crippen LogP contribution in [-0.2, 0) is 14.8 Å². The van der Waals surface area contributed by atoms with Gasteiger partial charge in [0.2, 0.25) is 0 Å². The monoisotopic (exact) mass is 406 g/mol. The van der Waals surface area contributed by atoms with Gasteiger partial charge in [-0.1, -0.05) is 0 Å². The molecule has 0 aliphatic carbocycles. The van der Waals surface area contributed by atoms with Crippen LogP contribution in [-0.4, -0.2) is 24.2 Å². The summed E-state index contributed by atoms with van der Waals surface area (Å²) < 4.78 is 9.50. The van der Waals surface area contributed by atoms with Crippen LogP contribution in [0.15, 0.2) is 0 Å². The molecule has 1 rings (SSSR count). The number of methoxy groups -OCH3 is 2. The Labute approximate surface area is 133 Å². The number of aromatic nitrogens is 2. The van der Waals surface area contributed by atoms with Gasteiger partial charge in [-0.25, -0.2) is 4.98 Å². The molecule has 0 unspecified atom stereocenters. The van der Waals surface area contributed by atoms with E-state index in [2.05, 4.69) is 35.8 Å². The maximum atomic E-state index is 5.54. The fourth-order valence-corrected chi connectivity index (χ4v) is 0.681. The molecule has 0 atom stereocenters. The molecule has 1 aromatic rings. The van der Waals surface area contributed by atoms with Crippen molar-refractivity contribution >= 4 is 31.4 Å². The van der Waals surface area contributed by atoms with Crippen LogP contribution in [0.5, 0.6) is 11.9 Å². The van der Waals surface area contributed by atoms with E-state index in [4.69, 9.17) is 21.1 Å². The summed E-state index contributed by atoms with van der Waals surface area (Å²) in [5.41, 5.74) is 0. The van der Waals surface area contributed by atoms with Crippen LogP contribution in [0.25, 0.3) is 0 Å². The van der Waals surface area contributed by atoms with Crippen LogP contribution in [0, 0.1) is 6.07 Å². The van der Waals surface area contributed by atoms with Gasteiger partial charge in [-0.05, 0) is 5.15 Å². The first-order valence-electron chi connectivity index (χ1n) is 3.08. The van der Waals surface area contributed by atoms with E-state index in [0.717, 1.165) is 0 Å². The van der Waals surface area contributed by atoms with E-state index in [1.54, 1.807) is 0 Å². The number of rotatable bonds is 2. The number of nitrogens with zero attached hydrogens (tertiary/aromatic N) is 2. The summed E-state index contributed by atoms with van der Waals surface area (Å²) in [7, 11) is 2.92. The molecular formula is C6H6Cl2ILiN2O2Zn. The minimum absolute atomic E-state index is 0. The topological polar surface area (TPSA) is 44.2 Å². The van der Waals surface area contributed by atoms with Crippen LogP contribution in [0.2, 0.25) is 5.15 Å². The Morgan fingerprint density at radius 3 is 2.20 bits per heavy atom. The van der Waals surface area contributed by atoms with E-state index >= 15 is 0 Å². The molecule has 1 aromatic heterocycles. The van der Waals surface area contributed by atoms with Crippen molar-refractivity contribution in [2.24, 2.45) is 0 Å². The summed E-state index contributed by atoms with van der Waals surface area (Å²) in [5.74, 6) is 0.266. The van der Waals surface area contributed by atoms with Crippen LogP contribution in [0.4, 0.5) is 0 Å². The summed E-state index contributed by atoms with van der Waals surface area (Å²) in [4.78, 5) is 7.47. The third kappa shape index (κ3) is 8.96. The van der Waals surface area contributed by atoms with Crippen LogP contribution < -0.4 is 40.7 Å². The fraction of sp³-hybridized carbons (Fsp3) is 0.333. The third-order valence-corrected chi connectivity index (χ3v) is 1.16. The zero-order valence-corrected chi connectivity index (χ0v) is 15.2. The Kier molecular flexibility index (Phi) is 19.0. The third-order valence-electron chi connectivity index (χ3n) is 0.977. The standard InChI is InChI=1S/C6H6ClN2O2.ClH.HI.Li.Zn/c1-10-5-3-4(7)8-6(9-5)11-2;;;;/h1-2H3;2*1H;;/q-1;;;+1;+2/p-2. The van der Waals surface area contributed by atoms with E-state index in [1.165, 1.54) is 29.0 Å². The van der Waals surface area contributed by atoms with Crippen LogP contribution in [0.3, 0.4) is 0 Å². The second-order valence-corrected chi connectivity index (χ2v) is 1.99. The van der Waals surface area contributed by atoms with Crippen molar-refractivity contribution in [3.05, 3.63) is 11.2 Å². The van der Waals surface area contributed by atoms with Crippen LogP contribution >= 0.6 is 31.4 Å². The van der Waals surface area contributed by atoms with Gasteiger partial charge in [0.25, 0.3) is 0 Å². The van der Waals surface area contributed by atoms with Crippen LogP contribution in [0.1, 0.15) is 0 Å². The molecule has 0 bridgehead atoms. The van der Waals surface area contributed by atoms with Gasteiger partial charge in [0.15, 0.2) is 0 Å². The Bertz CT molecular complexity index is 251. The van der Waals surface area contributed by atoms with Gasteiger partial charge in [0.1, 0.15) is 0 Å². The first-order chi connectivity index (χ1) is 6.26. The molecule has 0 spiro atoms. The van der Waals surface area contributed by atoms with Crippen molar-refractivity contribution in [2.45, 2.75) is 0 Å². The number of ether oxygens (including phenoxy) is 2.